The molecule has 2 atom stereocenters. The number of amides is 2. The van der Waals surface area contributed by atoms with Crippen LogP contribution in [0.25, 0.3) is 0 Å². The largest absolute Gasteiger partial charge is 0.480 e. The van der Waals surface area contributed by atoms with Gasteiger partial charge in [-0.2, -0.15) is 0 Å². The summed E-state index contributed by atoms with van der Waals surface area (Å²) in [5.74, 6) is -2.05. The Labute approximate surface area is 127 Å². The molecule has 116 valence electrons. The lowest BCUT2D eigenvalue weighted by molar-refractivity contribution is -0.142. The molecule has 0 saturated carbocycles. The summed E-state index contributed by atoms with van der Waals surface area (Å²) in [7, 11) is 0. The third-order valence-electron chi connectivity index (χ3n) is 3.00. The van der Waals surface area contributed by atoms with Crippen LogP contribution in [-0.4, -0.2) is 35.0 Å². The highest BCUT2D eigenvalue weighted by Gasteiger charge is 2.28. The number of hydrogen-bond donors (Lipinski definition) is 3. The molecular formula is C14H20N2O4S. The monoisotopic (exact) mass is 312 g/mol. The fourth-order valence-corrected chi connectivity index (χ4v) is 2.38. The lowest BCUT2D eigenvalue weighted by Crippen LogP contribution is -2.53. The molecule has 6 nitrogen and oxygen atoms in total. The number of carboxylic acids is 1. The predicted octanol–water partition coefficient (Wildman–Crippen LogP) is 1.48. The summed E-state index contributed by atoms with van der Waals surface area (Å²) < 4.78 is 0. The van der Waals surface area contributed by atoms with Gasteiger partial charge in [0.1, 0.15) is 12.1 Å². The summed E-state index contributed by atoms with van der Waals surface area (Å²) in [5, 5.41) is 15.9. The molecule has 7 heteroatoms. The van der Waals surface area contributed by atoms with Crippen molar-refractivity contribution in [1.82, 2.24) is 10.6 Å². The van der Waals surface area contributed by atoms with Gasteiger partial charge in [0.2, 0.25) is 5.91 Å². The van der Waals surface area contributed by atoms with Gasteiger partial charge in [0.05, 0.1) is 4.88 Å². The molecule has 1 aromatic heterocycles. The van der Waals surface area contributed by atoms with Crippen LogP contribution in [0.5, 0.6) is 0 Å². The number of carbonyl (C=O) groups excluding carboxylic acids is 2. The van der Waals surface area contributed by atoms with E-state index < -0.39 is 24.0 Å². The summed E-state index contributed by atoms with van der Waals surface area (Å²) in [6.45, 7) is 5.26. The molecule has 0 spiro atoms. The highest BCUT2D eigenvalue weighted by Crippen LogP contribution is 2.10. The van der Waals surface area contributed by atoms with Gasteiger partial charge in [-0.1, -0.05) is 26.8 Å². The fourth-order valence-electron chi connectivity index (χ4n) is 1.76. The van der Waals surface area contributed by atoms with Crippen LogP contribution < -0.4 is 10.6 Å². The van der Waals surface area contributed by atoms with Crippen molar-refractivity contribution in [2.45, 2.75) is 39.3 Å². The number of carbonyl (C=O) groups is 3. The first kappa shape index (κ1) is 17.2. The van der Waals surface area contributed by atoms with Gasteiger partial charge in [0.25, 0.3) is 5.91 Å². The Morgan fingerprint density at radius 3 is 2.38 bits per heavy atom. The van der Waals surface area contributed by atoms with Crippen LogP contribution in [0.4, 0.5) is 0 Å². The van der Waals surface area contributed by atoms with Crippen LogP contribution in [0.1, 0.15) is 36.9 Å². The number of rotatable bonds is 7. The van der Waals surface area contributed by atoms with E-state index in [2.05, 4.69) is 10.6 Å². The molecule has 0 radical (unpaired) electrons. The van der Waals surface area contributed by atoms with E-state index >= 15 is 0 Å². The summed E-state index contributed by atoms with van der Waals surface area (Å²) >= 11 is 1.28. The van der Waals surface area contributed by atoms with E-state index in [1.54, 1.807) is 38.3 Å². The van der Waals surface area contributed by atoms with Gasteiger partial charge in [-0.3, -0.25) is 9.59 Å². The van der Waals surface area contributed by atoms with Crippen LogP contribution >= 0.6 is 11.3 Å². The average Bonchev–Trinajstić information content (AvgIpc) is 2.94. The third-order valence-corrected chi connectivity index (χ3v) is 3.87. The Morgan fingerprint density at radius 1 is 1.29 bits per heavy atom. The van der Waals surface area contributed by atoms with E-state index in [0.717, 1.165) is 0 Å². The Kier molecular flexibility index (Phi) is 6.36. The average molecular weight is 312 g/mol. The number of aliphatic carboxylic acids is 1. The zero-order valence-electron chi connectivity index (χ0n) is 12.3. The van der Waals surface area contributed by atoms with Gasteiger partial charge >= 0.3 is 5.97 Å². The highest BCUT2D eigenvalue weighted by atomic mass is 32.1. The summed E-state index contributed by atoms with van der Waals surface area (Å²) in [4.78, 5) is 35.7. The Hall–Kier alpha value is -1.89. The second kappa shape index (κ2) is 7.78. The lowest BCUT2D eigenvalue weighted by Gasteiger charge is -2.23. The van der Waals surface area contributed by atoms with Crippen LogP contribution in [0, 0.1) is 5.92 Å². The molecule has 21 heavy (non-hydrogen) atoms. The molecule has 0 aliphatic carbocycles. The third kappa shape index (κ3) is 4.86. The quantitative estimate of drug-likeness (QED) is 0.710. The minimum Gasteiger partial charge on any atom is -0.480 e. The topological polar surface area (TPSA) is 95.5 Å². The predicted molar refractivity (Wildman–Crippen MR) is 80.3 cm³/mol. The van der Waals surface area contributed by atoms with Crippen LogP contribution in [0.2, 0.25) is 0 Å². The molecule has 2 unspecified atom stereocenters. The van der Waals surface area contributed by atoms with Crippen molar-refractivity contribution in [3.63, 3.8) is 0 Å². The highest BCUT2D eigenvalue weighted by molar-refractivity contribution is 7.12. The van der Waals surface area contributed by atoms with E-state index in [1.165, 1.54) is 11.3 Å². The molecule has 1 heterocycles. The minimum absolute atomic E-state index is 0.153. The smallest absolute Gasteiger partial charge is 0.326 e. The Balaban J connectivity index is 2.75. The SMILES string of the molecule is CCC(NC(=O)C(NC(=O)c1cccs1)C(C)C)C(=O)O. The number of hydrogen-bond acceptors (Lipinski definition) is 4. The number of carboxylic acid groups (broad SMARTS) is 1. The van der Waals surface area contributed by atoms with Crippen molar-refractivity contribution in [3.05, 3.63) is 22.4 Å². The number of nitrogens with one attached hydrogen (secondary N) is 2. The summed E-state index contributed by atoms with van der Waals surface area (Å²) in [6, 6.07) is 1.70. The van der Waals surface area contributed by atoms with E-state index in [1.807, 2.05) is 0 Å². The molecular weight excluding hydrogens is 292 g/mol. The maximum absolute atomic E-state index is 12.2. The molecule has 0 fully saturated rings. The second-order valence-corrected chi connectivity index (χ2v) is 5.93. The first-order valence-corrected chi connectivity index (χ1v) is 7.62. The van der Waals surface area contributed by atoms with Crippen molar-refractivity contribution in [3.8, 4) is 0 Å². The minimum atomic E-state index is -1.09. The van der Waals surface area contributed by atoms with Gasteiger partial charge in [-0.05, 0) is 23.8 Å². The second-order valence-electron chi connectivity index (χ2n) is 4.98. The molecule has 1 rings (SSSR count). The first-order valence-electron chi connectivity index (χ1n) is 6.74. The normalized spacial score (nSPS) is 13.5. The number of thiophene rings is 1. The standard InChI is InChI=1S/C14H20N2O4S/c1-4-9(14(19)20)15-13(18)11(8(2)3)16-12(17)10-6-5-7-21-10/h5-9,11H,4H2,1-3H3,(H,15,18)(H,16,17)(H,19,20). The van der Waals surface area contributed by atoms with E-state index in [9.17, 15) is 14.4 Å². The van der Waals surface area contributed by atoms with Crippen molar-refractivity contribution >= 4 is 29.1 Å². The van der Waals surface area contributed by atoms with E-state index in [4.69, 9.17) is 5.11 Å². The van der Waals surface area contributed by atoms with Crippen LogP contribution in [-0.2, 0) is 9.59 Å². The van der Waals surface area contributed by atoms with Crippen LogP contribution in [0.3, 0.4) is 0 Å². The molecule has 0 saturated heterocycles. The van der Waals surface area contributed by atoms with Crippen molar-refractivity contribution in [2.75, 3.05) is 0 Å². The van der Waals surface area contributed by atoms with Gasteiger partial charge in [0.15, 0.2) is 0 Å². The summed E-state index contributed by atoms with van der Waals surface area (Å²) in [5.41, 5.74) is 0. The molecule has 3 N–H and O–H groups in total. The Morgan fingerprint density at radius 2 is 1.95 bits per heavy atom. The maximum Gasteiger partial charge on any atom is 0.326 e. The molecule has 0 aliphatic heterocycles. The Bertz CT molecular complexity index is 499. The molecule has 0 aliphatic rings. The zero-order chi connectivity index (χ0) is 16.0. The van der Waals surface area contributed by atoms with E-state index in [0.29, 0.717) is 4.88 Å². The first-order chi connectivity index (χ1) is 9.86. The molecule has 2 amide bonds. The summed E-state index contributed by atoms with van der Waals surface area (Å²) in [6.07, 6.45) is 0.282. The van der Waals surface area contributed by atoms with E-state index in [-0.39, 0.29) is 18.2 Å². The van der Waals surface area contributed by atoms with Crippen molar-refractivity contribution < 1.29 is 19.5 Å². The van der Waals surface area contributed by atoms with Gasteiger partial charge < -0.3 is 15.7 Å². The maximum atomic E-state index is 12.2. The fraction of sp³-hybridized carbons (Fsp3) is 0.500. The zero-order valence-corrected chi connectivity index (χ0v) is 13.1. The van der Waals surface area contributed by atoms with Gasteiger partial charge in [-0.15, -0.1) is 11.3 Å². The van der Waals surface area contributed by atoms with Gasteiger partial charge in [-0.25, -0.2) is 4.79 Å². The van der Waals surface area contributed by atoms with Crippen molar-refractivity contribution in [1.29, 1.82) is 0 Å². The van der Waals surface area contributed by atoms with Crippen LogP contribution in [0.15, 0.2) is 17.5 Å². The van der Waals surface area contributed by atoms with Gasteiger partial charge in [0, 0.05) is 0 Å². The van der Waals surface area contributed by atoms with Crippen molar-refractivity contribution in [2.24, 2.45) is 5.92 Å². The molecule has 0 aromatic carbocycles. The lowest BCUT2D eigenvalue weighted by atomic mass is 10.0. The molecule has 0 bridgehead atoms. The molecule has 1 aromatic rings.